The summed E-state index contributed by atoms with van der Waals surface area (Å²) in [6.07, 6.45) is 5.67. The van der Waals surface area contributed by atoms with Gasteiger partial charge in [0.1, 0.15) is 18.3 Å². The fourth-order valence-corrected chi connectivity index (χ4v) is 3.12. The number of pyridine rings is 1. The van der Waals surface area contributed by atoms with Crippen molar-refractivity contribution in [3.8, 4) is 11.4 Å². The Hall–Kier alpha value is -2.87. The lowest BCUT2D eigenvalue weighted by Gasteiger charge is -2.09. The van der Waals surface area contributed by atoms with Crippen molar-refractivity contribution in [3.63, 3.8) is 0 Å². The van der Waals surface area contributed by atoms with Crippen molar-refractivity contribution in [1.29, 1.82) is 0 Å². The summed E-state index contributed by atoms with van der Waals surface area (Å²) in [4.78, 5) is 12.3. The Morgan fingerprint density at radius 1 is 1.04 bits per heavy atom. The van der Waals surface area contributed by atoms with Gasteiger partial charge in [0, 0.05) is 24.0 Å². The average molecular weight is 392 g/mol. The molecule has 0 saturated carbocycles. The molecule has 4 aromatic rings. The van der Waals surface area contributed by atoms with Crippen LogP contribution in [-0.2, 0) is 13.1 Å². The molecule has 0 atom stereocenters. The Bertz CT molecular complexity index is 1120. The summed E-state index contributed by atoms with van der Waals surface area (Å²) in [7, 11) is 0. The lowest BCUT2D eigenvalue weighted by molar-refractivity contribution is 0.451. The Labute approximate surface area is 157 Å². The number of hydrogen-bond acceptors (Lipinski definition) is 3. The van der Waals surface area contributed by atoms with Crippen LogP contribution in [0.2, 0.25) is 5.02 Å². The zero-order valence-corrected chi connectivity index (χ0v) is 14.7. The molecule has 0 N–H and O–H groups in total. The van der Waals surface area contributed by atoms with Crippen LogP contribution >= 0.6 is 11.6 Å². The van der Waals surface area contributed by atoms with Gasteiger partial charge in [-0.1, -0.05) is 11.6 Å². The Kier molecular flexibility index (Phi) is 4.57. The van der Waals surface area contributed by atoms with Crippen LogP contribution in [0.3, 0.4) is 0 Å². The number of imidazole rings is 2. The molecule has 0 aliphatic rings. The predicted octanol–water partition coefficient (Wildman–Crippen LogP) is 4.24. The summed E-state index contributed by atoms with van der Waals surface area (Å²) in [6.45, 7) is -0.356. The van der Waals surface area contributed by atoms with Gasteiger partial charge in [-0.2, -0.15) is 4.39 Å². The van der Waals surface area contributed by atoms with Gasteiger partial charge in [-0.15, -0.1) is 0 Å². The van der Waals surface area contributed by atoms with E-state index in [1.165, 1.54) is 23.0 Å². The fourth-order valence-electron chi connectivity index (χ4n) is 2.97. The molecule has 0 spiro atoms. The molecule has 3 aromatic heterocycles. The van der Waals surface area contributed by atoms with E-state index >= 15 is 0 Å². The number of fused-ring (bicyclic) bond motifs is 1. The molecule has 0 fully saturated rings. The molecule has 5 nitrogen and oxygen atoms in total. The van der Waals surface area contributed by atoms with Crippen LogP contribution in [0.1, 0.15) is 5.56 Å². The number of aryl methyl sites for hydroxylation is 1. The highest BCUT2D eigenvalue weighted by atomic mass is 35.5. The topological polar surface area (TPSA) is 48.5 Å². The Morgan fingerprint density at radius 2 is 1.89 bits per heavy atom. The van der Waals surface area contributed by atoms with Crippen molar-refractivity contribution >= 4 is 22.6 Å². The van der Waals surface area contributed by atoms with Crippen molar-refractivity contribution in [2.75, 3.05) is 6.67 Å². The zero-order chi connectivity index (χ0) is 19.0. The van der Waals surface area contributed by atoms with E-state index in [9.17, 15) is 13.2 Å². The van der Waals surface area contributed by atoms with E-state index in [2.05, 4.69) is 15.0 Å². The van der Waals surface area contributed by atoms with E-state index in [4.69, 9.17) is 11.6 Å². The molecule has 9 heteroatoms. The lowest BCUT2D eigenvalue weighted by Crippen LogP contribution is -2.04. The van der Waals surface area contributed by atoms with E-state index in [1.54, 1.807) is 23.0 Å². The van der Waals surface area contributed by atoms with Gasteiger partial charge in [0.15, 0.2) is 0 Å². The first-order valence-corrected chi connectivity index (χ1v) is 8.46. The first-order chi connectivity index (χ1) is 13.1. The summed E-state index contributed by atoms with van der Waals surface area (Å²) < 4.78 is 43.5. The van der Waals surface area contributed by atoms with E-state index in [0.29, 0.717) is 28.0 Å². The van der Waals surface area contributed by atoms with Gasteiger partial charge in [0.25, 0.3) is 0 Å². The highest BCUT2D eigenvalue weighted by Crippen LogP contribution is 2.29. The first kappa shape index (κ1) is 17.5. The zero-order valence-electron chi connectivity index (χ0n) is 13.9. The highest BCUT2D eigenvalue weighted by molar-refractivity contribution is 6.31. The summed E-state index contributed by atoms with van der Waals surface area (Å²) >= 11 is 5.87. The minimum Gasteiger partial charge on any atom is -0.321 e. The third-order valence-electron chi connectivity index (χ3n) is 4.17. The Morgan fingerprint density at radius 3 is 2.63 bits per heavy atom. The van der Waals surface area contributed by atoms with Gasteiger partial charge in [-0.25, -0.2) is 18.7 Å². The Balaban J connectivity index is 1.80. The molecular formula is C18H13ClF3N5. The molecule has 0 unspecified atom stereocenters. The molecule has 0 bridgehead atoms. The number of alkyl halides is 1. The number of rotatable bonds is 5. The smallest absolute Gasteiger partial charge is 0.213 e. The molecule has 0 radical (unpaired) electrons. The van der Waals surface area contributed by atoms with Gasteiger partial charge in [0.05, 0.1) is 41.7 Å². The second kappa shape index (κ2) is 7.03. The van der Waals surface area contributed by atoms with Crippen molar-refractivity contribution in [2.45, 2.75) is 13.1 Å². The minimum atomic E-state index is -0.624. The van der Waals surface area contributed by atoms with E-state index in [0.717, 1.165) is 6.20 Å². The van der Waals surface area contributed by atoms with Crippen LogP contribution in [0, 0.1) is 11.8 Å². The molecule has 27 heavy (non-hydrogen) atoms. The van der Waals surface area contributed by atoms with Gasteiger partial charge < -0.3 is 9.13 Å². The molecular weight excluding hydrogens is 379 g/mol. The first-order valence-electron chi connectivity index (χ1n) is 8.08. The molecule has 4 rings (SSSR count). The van der Waals surface area contributed by atoms with Gasteiger partial charge >= 0.3 is 0 Å². The predicted molar refractivity (Wildman–Crippen MR) is 95.2 cm³/mol. The van der Waals surface area contributed by atoms with Crippen LogP contribution in [0.15, 0.2) is 43.1 Å². The molecule has 1 aromatic carbocycles. The number of aromatic nitrogens is 5. The van der Waals surface area contributed by atoms with Crippen LogP contribution in [0.5, 0.6) is 0 Å². The second-order valence-electron chi connectivity index (χ2n) is 5.96. The quantitative estimate of drug-likeness (QED) is 0.511. The molecule has 0 aliphatic heterocycles. The van der Waals surface area contributed by atoms with Crippen molar-refractivity contribution in [2.24, 2.45) is 0 Å². The summed E-state index contributed by atoms with van der Waals surface area (Å²) in [5.74, 6) is -0.622. The normalized spacial score (nSPS) is 11.4. The monoisotopic (exact) mass is 391 g/mol. The second-order valence-corrected chi connectivity index (χ2v) is 6.36. The standard InChI is InChI=1S/C18H13ClF3N5/c19-13-4-16-15(5-14(13)21)25-18(27(16)2-1-20)12-3-11(6-23-7-12)9-26-10-24-8-17(26)22/h3-8,10H,1-2,9H2. The number of hydrogen-bond donors (Lipinski definition) is 0. The van der Waals surface area contributed by atoms with Crippen LogP contribution < -0.4 is 0 Å². The van der Waals surface area contributed by atoms with Crippen molar-refractivity contribution in [3.05, 3.63) is 65.5 Å². The van der Waals surface area contributed by atoms with Crippen molar-refractivity contribution < 1.29 is 13.2 Å². The third-order valence-corrected chi connectivity index (χ3v) is 4.46. The third kappa shape index (κ3) is 3.28. The number of benzene rings is 1. The van der Waals surface area contributed by atoms with Crippen LogP contribution in [0.25, 0.3) is 22.4 Å². The van der Waals surface area contributed by atoms with E-state index in [1.807, 2.05) is 0 Å². The SMILES string of the molecule is FCCn1c(-c2cncc(Cn3cncc3F)c2)nc2cc(F)c(Cl)cc21. The maximum absolute atomic E-state index is 13.8. The lowest BCUT2D eigenvalue weighted by atomic mass is 10.2. The minimum absolute atomic E-state index is 0.0359. The van der Waals surface area contributed by atoms with E-state index < -0.39 is 18.4 Å². The highest BCUT2D eigenvalue weighted by Gasteiger charge is 2.16. The van der Waals surface area contributed by atoms with Crippen molar-refractivity contribution in [1.82, 2.24) is 24.1 Å². The van der Waals surface area contributed by atoms with E-state index in [-0.39, 0.29) is 18.1 Å². The van der Waals surface area contributed by atoms with Gasteiger partial charge in [-0.05, 0) is 17.7 Å². The molecule has 0 amide bonds. The van der Waals surface area contributed by atoms with Crippen LogP contribution in [0.4, 0.5) is 13.2 Å². The van der Waals surface area contributed by atoms with Crippen LogP contribution in [-0.4, -0.2) is 30.8 Å². The molecule has 0 saturated heterocycles. The number of nitrogens with zero attached hydrogens (tertiary/aromatic N) is 5. The fraction of sp³-hybridized carbons (Fsp3) is 0.167. The maximum atomic E-state index is 13.8. The molecule has 3 heterocycles. The largest absolute Gasteiger partial charge is 0.321 e. The molecule has 0 aliphatic carbocycles. The molecule has 138 valence electrons. The van der Waals surface area contributed by atoms with Gasteiger partial charge in [-0.3, -0.25) is 4.98 Å². The summed E-state index contributed by atoms with van der Waals surface area (Å²) in [5.41, 5.74) is 2.22. The summed E-state index contributed by atoms with van der Waals surface area (Å²) in [6, 6.07) is 4.42. The maximum Gasteiger partial charge on any atom is 0.213 e. The summed E-state index contributed by atoms with van der Waals surface area (Å²) in [5, 5.41) is -0.0588. The average Bonchev–Trinajstić information content (AvgIpc) is 3.20. The number of halogens is 4. The van der Waals surface area contributed by atoms with Gasteiger partial charge in [0.2, 0.25) is 5.95 Å².